The van der Waals surface area contributed by atoms with Crippen LogP contribution in [0.1, 0.15) is 23.6 Å². The molecule has 8 heteroatoms. The third-order valence-corrected chi connectivity index (χ3v) is 6.80. The van der Waals surface area contributed by atoms with E-state index in [4.69, 9.17) is 26.5 Å². The SMILES string of the molecule is CCOc1cc(C=C2C(=N)N3C(c4ccccc4)=CSC3=NC2=O)ccc1OCc1ccccc1Cl. The Balaban J connectivity index is 1.42. The van der Waals surface area contributed by atoms with Gasteiger partial charge in [0.2, 0.25) is 0 Å². The largest absolute Gasteiger partial charge is 0.490 e. The Kier molecular flexibility index (Phi) is 6.93. The summed E-state index contributed by atoms with van der Waals surface area (Å²) in [6.07, 6.45) is 1.66. The Morgan fingerprint density at radius 1 is 1.03 bits per heavy atom. The van der Waals surface area contributed by atoms with Crippen molar-refractivity contribution in [2.75, 3.05) is 6.61 Å². The third-order valence-electron chi connectivity index (χ3n) is 5.60. The number of nitrogens with one attached hydrogen (secondary N) is 1. The van der Waals surface area contributed by atoms with Crippen LogP contribution in [0.25, 0.3) is 11.8 Å². The molecular formula is C28H22ClN3O3S. The summed E-state index contributed by atoms with van der Waals surface area (Å²) < 4.78 is 11.8. The standard InChI is InChI=1S/C28H22ClN3O3S/c1-2-34-25-15-18(12-13-24(25)35-16-20-10-6-7-11-22(20)29)14-21-26(30)32-23(19-8-4-3-5-9-19)17-36-28(32)31-27(21)33/h3-15,17,30H,2,16H2,1H3. The average molecular weight is 516 g/mol. The number of amidine groups is 2. The first-order valence-corrected chi connectivity index (χ1v) is 12.6. The van der Waals surface area contributed by atoms with Gasteiger partial charge < -0.3 is 9.47 Å². The van der Waals surface area contributed by atoms with Crippen LogP contribution in [0.5, 0.6) is 11.5 Å². The lowest BCUT2D eigenvalue weighted by atomic mass is 10.1. The molecule has 0 atom stereocenters. The number of nitrogens with zero attached hydrogens (tertiary/aromatic N) is 2. The predicted octanol–water partition coefficient (Wildman–Crippen LogP) is 6.62. The van der Waals surface area contributed by atoms with E-state index in [1.807, 2.05) is 73.0 Å². The number of carbonyl (C=O) groups excluding carboxylic acids is 1. The average Bonchev–Trinajstić information content (AvgIpc) is 3.31. The summed E-state index contributed by atoms with van der Waals surface area (Å²) in [7, 11) is 0. The fourth-order valence-corrected chi connectivity index (χ4v) is 4.93. The van der Waals surface area contributed by atoms with E-state index in [0.29, 0.717) is 40.5 Å². The van der Waals surface area contributed by atoms with Crippen molar-refractivity contribution in [1.82, 2.24) is 4.90 Å². The molecule has 0 unspecified atom stereocenters. The van der Waals surface area contributed by atoms with Gasteiger partial charge in [-0.05, 0) is 42.3 Å². The highest BCUT2D eigenvalue weighted by Crippen LogP contribution is 2.38. The van der Waals surface area contributed by atoms with Crippen molar-refractivity contribution >= 4 is 52.0 Å². The molecule has 0 aliphatic carbocycles. The maximum absolute atomic E-state index is 12.8. The van der Waals surface area contributed by atoms with Gasteiger partial charge in [-0.2, -0.15) is 4.99 Å². The molecule has 36 heavy (non-hydrogen) atoms. The van der Waals surface area contributed by atoms with E-state index >= 15 is 0 Å². The second-order valence-corrected chi connectivity index (χ2v) is 9.19. The minimum absolute atomic E-state index is 0.0853. The lowest BCUT2D eigenvalue weighted by Gasteiger charge is -2.27. The smallest absolute Gasteiger partial charge is 0.283 e. The van der Waals surface area contributed by atoms with Crippen molar-refractivity contribution in [2.24, 2.45) is 4.99 Å². The van der Waals surface area contributed by atoms with Crippen molar-refractivity contribution in [3.8, 4) is 11.5 Å². The molecular weight excluding hydrogens is 494 g/mol. The number of hydrogen-bond donors (Lipinski definition) is 1. The van der Waals surface area contributed by atoms with E-state index in [2.05, 4.69) is 4.99 Å². The first-order chi connectivity index (χ1) is 17.5. The molecule has 5 rings (SSSR count). The number of halogens is 1. The summed E-state index contributed by atoms with van der Waals surface area (Å²) >= 11 is 7.59. The Hall–Kier alpha value is -3.81. The van der Waals surface area contributed by atoms with Crippen LogP contribution in [0.4, 0.5) is 0 Å². The molecule has 1 amide bonds. The quantitative estimate of drug-likeness (QED) is 0.358. The summed E-state index contributed by atoms with van der Waals surface area (Å²) in [5.41, 5.74) is 3.55. The van der Waals surface area contributed by atoms with Gasteiger partial charge in [0.25, 0.3) is 5.91 Å². The first kappa shape index (κ1) is 23.9. The molecule has 0 saturated heterocycles. The van der Waals surface area contributed by atoms with Crippen LogP contribution >= 0.6 is 23.4 Å². The molecule has 0 fully saturated rings. The van der Waals surface area contributed by atoms with Gasteiger partial charge >= 0.3 is 0 Å². The number of ether oxygens (including phenoxy) is 2. The fraction of sp³-hybridized carbons (Fsp3) is 0.107. The Labute approximate surface area is 218 Å². The fourth-order valence-electron chi connectivity index (χ4n) is 3.85. The molecule has 6 nitrogen and oxygen atoms in total. The topological polar surface area (TPSA) is 75.0 Å². The molecule has 2 aliphatic rings. The molecule has 0 spiro atoms. The van der Waals surface area contributed by atoms with E-state index in [-0.39, 0.29) is 11.4 Å². The predicted molar refractivity (Wildman–Crippen MR) is 145 cm³/mol. The number of aliphatic imine (C=N–C) groups is 1. The maximum atomic E-state index is 12.8. The van der Waals surface area contributed by atoms with Crippen LogP contribution in [0.15, 0.2) is 88.8 Å². The molecule has 0 radical (unpaired) electrons. The van der Waals surface area contributed by atoms with Crippen molar-refractivity contribution in [3.05, 3.63) is 105 Å². The van der Waals surface area contributed by atoms with E-state index in [9.17, 15) is 4.79 Å². The lowest BCUT2D eigenvalue weighted by Crippen LogP contribution is -2.38. The van der Waals surface area contributed by atoms with Gasteiger partial charge in [-0.25, -0.2) is 0 Å². The molecule has 0 saturated carbocycles. The summed E-state index contributed by atoms with van der Waals surface area (Å²) in [6.45, 7) is 2.63. The highest BCUT2D eigenvalue weighted by Gasteiger charge is 2.36. The Bertz CT molecular complexity index is 1430. The molecule has 180 valence electrons. The van der Waals surface area contributed by atoms with Gasteiger partial charge in [-0.3, -0.25) is 15.1 Å². The van der Waals surface area contributed by atoms with Crippen LogP contribution < -0.4 is 9.47 Å². The van der Waals surface area contributed by atoms with Gasteiger partial charge in [0.05, 0.1) is 17.9 Å². The summed E-state index contributed by atoms with van der Waals surface area (Å²) in [5, 5.41) is 11.9. The van der Waals surface area contributed by atoms with Gasteiger partial charge in [0.15, 0.2) is 16.7 Å². The minimum atomic E-state index is -0.446. The van der Waals surface area contributed by atoms with Crippen LogP contribution in [0.3, 0.4) is 0 Å². The Morgan fingerprint density at radius 2 is 1.81 bits per heavy atom. The number of thioether (sulfide) groups is 1. The number of hydrogen-bond acceptors (Lipinski definition) is 5. The number of amides is 1. The molecule has 2 heterocycles. The maximum Gasteiger partial charge on any atom is 0.283 e. The van der Waals surface area contributed by atoms with Crippen LogP contribution in [-0.4, -0.2) is 28.4 Å². The summed E-state index contributed by atoms with van der Waals surface area (Å²) in [5.74, 6) is 0.745. The van der Waals surface area contributed by atoms with Crippen molar-refractivity contribution in [3.63, 3.8) is 0 Å². The van der Waals surface area contributed by atoms with Gasteiger partial charge in [0, 0.05) is 16.0 Å². The van der Waals surface area contributed by atoms with Crippen LogP contribution in [-0.2, 0) is 11.4 Å². The summed E-state index contributed by atoms with van der Waals surface area (Å²) in [4.78, 5) is 18.8. The highest BCUT2D eigenvalue weighted by atomic mass is 35.5. The highest BCUT2D eigenvalue weighted by molar-refractivity contribution is 8.17. The van der Waals surface area contributed by atoms with Crippen molar-refractivity contribution in [2.45, 2.75) is 13.5 Å². The van der Waals surface area contributed by atoms with E-state index in [1.165, 1.54) is 11.8 Å². The van der Waals surface area contributed by atoms with Gasteiger partial charge in [0.1, 0.15) is 12.4 Å². The minimum Gasteiger partial charge on any atom is -0.490 e. The molecule has 2 aliphatic heterocycles. The molecule has 0 aromatic heterocycles. The normalized spacial score (nSPS) is 16.1. The summed E-state index contributed by atoms with van der Waals surface area (Å²) in [6, 6.07) is 22.7. The van der Waals surface area contributed by atoms with E-state index in [1.54, 1.807) is 23.1 Å². The Morgan fingerprint density at radius 3 is 2.58 bits per heavy atom. The van der Waals surface area contributed by atoms with Gasteiger partial charge in [-0.1, -0.05) is 78.0 Å². The third kappa shape index (κ3) is 4.80. The van der Waals surface area contributed by atoms with Crippen LogP contribution in [0, 0.1) is 5.41 Å². The molecule has 1 N–H and O–H groups in total. The van der Waals surface area contributed by atoms with E-state index in [0.717, 1.165) is 16.8 Å². The first-order valence-electron chi connectivity index (χ1n) is 11.3. The monoisotopic (exact) mass is 515 g/mol. The van der Waals surface area contributed by atoms with E-state index < -0.39 is 5.91 Å². The molecule has 0 bridgehead atoms. The lowest BCUT2D eigenvalue weighted by molar-refractivity contribution is -0.114. The van der Waals surface area contributed by atoms with Gasteiger partial charge in [-0.15, -0.1) is 0 Å². The second kappa shape index (κ2) is 10.4. The molecule has 3 aromatic carbocycles. The zero-order valence-corrected chi connectivity index (χ0v) is 21.0. The number of carbonyl (C=O) groups is 1. The second-order valence-electron chi connectivity index (χ2n) is 7.95. The van der Waals surface area contributed by atoms with Crippen LogP contribution in [0.2, 0.25) is 5.02 Å². The number of benzene rings is 3. The van der Waals surface area contributed by atoms with Crippen molar-refractivity contribution < 1.29 is 14.3 Å². The zero-order chi connectivity index (χ0) is 25.1. The number of rotatable bonds is 7. The van der Waals surface area contributed by atoms with Crippen molar-refractivity contribution in [1.29, 1.82) is 5.41 Å². The zero-order valence-electron chi connectivity index (χ0n) is 19.4. The number of fused-ring (bicyclic) bond motifs is 1. The molecule has 3 aromatic rings.